The van der Waals surface area contributed by atoms with Gasteiger partial charge < -0.3 is 10.3 Å². The highest BCUT2D eigenvalue weighted by atomic mass is 16.2. The maximum Gasteiger partial charge on any atom is 0.332 e. The fraction of sp³-hybridized carbons (Fsp3) is 0.615. The molecule has 20 heavy (non-hydrogen) atoms. The van der Waals surface area contributed by atoms with E-state index in [1.165, 1.54) is 9.13 Å². The first-order chi connectivity index (χ1) is 9.42. The highest BCUT2D eigenvalue weighted by Gasteiger charge is 2.18. The number of imidazole rings is 1. The van der Waals surface area contributed by atoms with Crippen LogP contribution in [-0.2, 0) is 20.1 Å². The van der Waals surface area contributed by atoms with Crippen molar-refractivity contribution >= 4 is 11.2 Å². The average Bonchev–Trinajstić information content (AvgIpc) is 2.77. The van der Waals surface area contributed by atoms with Gasteiger partial charge in [-0.25, -0.2) is 9.78 Å². The zero-order valence-corrected chi connectivity index (χ0v) is 12.4. The lowest BCUT2D eigenvalue weighted by atomic mass is 10.2. The van der Waals surface area contributed by atoms with Crippen molar-refractivity contribution in [1.29, 1.82) is 0 Å². The van der Waals surface area contributed by atoms with Gasteiger partial charge in [-0.05, 0) is 20.3 Å². The number of rotatable bonds is 4. The number of hydrogen-bond acceptors (Lipinski definition) is 4. The number of aryl methyl sites for hydroxylation is 3. The Kier molecular flexibility index (Phi) is 3.80. The molecule has 0 fully saturated rings. The summed E-state index contributed by atoms with van der Waals surface area (Å²) in [7, 11) is 1.63. The molecule has 2 N–H and O–H groups in total. The van der Waals surface area contributed by atoms with Crippen molar-refractivity contribution in [3.8, 4) is 0 Å². The van der Waals surface area contributed by atoms with Gasteiger partial charge in [0.2, 0.25) is 0 Å². The molecule has 1 unspecified atom stereocenters. The van der Waals surface area contributed by atoms with Crippen LogP contribution >= 0.6 is 0 Å². The quantitative estimate of drug-likeness (QED) is 0.850. The minimum Gasteiger partial charge on any atom is -0.326 e. The third-order valence-corrected chi connectivity index (χ3v) is 3.68. The van der Waals surface area contributed by atoms with Crippen molar-refractivity contribution in [3.05, 3.63) is 26.7 Å². The molecule has 0 saturated carbocycles. The van der Waals surface area contributed by atoms with E-state index < -0.39 is 0 Å². The summed E-state index contributed by atoms with van der Waals surface area (Å²) >= 11 is 0. The van der Waals surface area contributed by atoms with Crippen molar-refractivity contribution < 1.29 is 0 Å². The number of nitrogens with zero attached hydrogens (tertiary/aromatic N) is 4. The highest BCUT2D eigenvalue weighted by molar-refractivity contribution is 5.70. The summed E-state index contributed by atoms with van der Waals surface area (Å²) in [5, 5.41) is 0. The van der Waals surface area contributed by atoms with Crippen LogP contribution < -0.4 is 17.0 Å². The summed E-state index contributed by atoms with van der Waals surface area (Å²) in [6.45, 7) is 6.57. The molecular weight excluding hydrogens is 258 g/mol. The normalized spacial score (nSPS) is 13.1. The van der Waals surface area contributed by atoms with Crippen LogP contribution in [0.1, 0.15) is 26.1 Å². The molecule has 0 aliphatic carbocycles. The lowest BCUT2D eigenvalue weighted by molar-refractivity contribution is 0.500. The van der Waals surface area contributed by atoms with Gasteiger partial charge in [-0.3, -0.25) is 13.9 Å². The Hall–Kier alpha value is -1.89. The van der Waals surface area contributed by atoms with E-state index in [2.05, 4.69) is 4.98 Å². The van der Waals surface area contributed by atoms with Crippen molar-refractivity contribution in [2.75, 3.05) is 0 Å². The molecule has 0 saturated heterocycles. The van der Waals surface area contributed by atoms with E-state index in [0.29, 0.717) is 24.1 Å². The zero-order chi connectivity index (χ0) is 15.0. The third kappa shape index (κ3) is 2.07. The maximum atomic E-state index is 12.6. The first-order valence-electron chi connectivity index (χ1n) is 6.84. The van der Waals surface area contributed by atoms with Gasteiger partial charge in [-0.2, -0.15) is 0 Å². The van der Waals surface area contributed by atoms with Gasteiger partial charge in [0.05, 0.1) is 0 Å². The van der Waals surface area contributed by atoms with Gasteiger partial charge in [0, 0.05) is 26.2 Å². The molecule has 0 amide bonds. The fourth-order valence-corrected chi connectivity index (χ4v) is 2.39. The molecule has 2 heterocycles. The van der Waals surface area contributed by atoms with E-state index in [4.69, 9.17) is 5.73 Å². The minimum atomic E-state index is -0.368. The van der Waals surface area contributed by atoms with E-state index in [-0.39, 0.29) is 23.8 Å². The van der Waals surface area contributed by atoms with Gasteiger partial charge in [-0.15, -0.1) is 0 Å². The Balaban J connectivity index is 2.84. The molecule has 0 aliphatic rings. The van der Waals surface area contributed by atoms with Gasteiger partial charge in [0.15, 0.2) is 11.2 Å². The first-order valence-corrected chi connectivity index (χ1v) is 6.84. The molecule has 2 aromatic rings. The molecule has 2 aromatic heterocycles. The summed E-state index contributed by atoms with van der Waals surface area (Å²) in [4.78, 5) is 29.2. The van der Waals surface area contributed by atoms with Crippen LogP contribution in [0.15, 0.2) is 9.59 Å². The lowest BCUT2D eigenvalue weighted by Gasteiger charge is -2.12. The molecule has 1 atom stereocenters. The Labute approximate surface area is 116 Å². The molecule has 0 aliphatic heterocycles. The Morgan fingerprint density at radius 2 is 1.90 bits per heavy atom. The highest BCUT2D eigenvalue weighted by Crippen LogP contribution is 2.09. The van der Waals surface area contributed by atoms with Crippen LogP contribution in [0, 0.1) is 6.92 Å². The topological polar surface area (TPSA) is 87.8 Å². The lowest BCUT2D eigenvalue weighted by Crippen LogP contribution is -2.43. The predicted octanol–water partition coefficient (Wildman–Crippen LogP) is -0.0377. The molecule has 0 spiro atoms. The monoisotopic (exact) mass is 279 g/mol. The second kappa shape index (κ2) is 5.24. The van der Waals surface area contributed by atoms with Crippen LogP contribution in [0.25, 0.3) is 11.2 Å². The fourth-order valence-electron chi connectivity index (χ4n) is 2.39. The Morgan fingerprint density at radius 1 is 1.25 bits per heavy atom. The molecule has 0 radical (unpaired) electrons. The van der Waals surface area contributed by atoms with E-state index >= 15 is 0 Å². The van der Waals surface area contributed by atoms with Gasteiger partial charge in [0.25, 0.3) is 5.56 Å². The molecule has 7 heteroatoms. The van der Waals surface area contributed by atoms with Crippen molar-refractivity contribution in [2.24, 2.45) is 12.8 Å². The number of fused-ring (bicyclic) bond motifs is 1. The van der Waals surface area contributed by atoms with Crippen molar-refractivity contribution in [3.63, 3.8) is 0 Å². The van der Waals surface area contributed by atoms with Crippen LogP contribution in [0.3, 0.4) is 0 Å². The standard InChI is InChI=1S/C13H21N5O2/c1-5-9(14)7-18-12(19)10-11(16(4)13(18)20)15-8(3)17(10)6-2/h9H,5-7,14H2,1-4H3. The Morgan fingerprint density at radius 3 is 2.45 bits per heavy atom. The third-order valence-electron chi connectivity index (χ3n) is 3.68. The minimum absolute atomic E-state index is 0.211. The molecule has 110 valence electrons. The van der Waals surface area contributed by atoms with E-state index in [1.807, 2.05) is 25.3 Å². The van der Waals surface area contributed by atoms with Gasteiger partial charge >= 0.3 is 5.69 Å². The van der Waals surface area contributed by atoms with Gasteiger partial charge in [0.1, 0.15) is 5.82 Å². The van der Waals surface area contributed by atoms with E-state index in [9.17, 15) is 9.59 Å². The van der Waals surface area contributed by atoms with Crippen molar-refractivity contribution in [1.82, 2.24) is 18.7 Å². The molecule has 0 aromatic carbocycles. The first kappa shape index (κ1) is 14.5. The van der Waals surface area contributed by atoms with E-state index in [0.717, 1.165) is 5.82 Å². The van der Waals surface area contributed by atoms with Crippen LogP contribution in [0.4, 0.5) is 0 Å². The Bertz CT molecular complexity index is 753. The maximum absolute atomic E-state index is 12.6. The smallest absolute Gasteiger partial charge is 0.326 e. The summed E-state index contributed by atoms with van der Waals surface area (Å²) in [5.41, 5.74) is 6.10. The van der Waals surface area contributed by atoms with Crippen LogP contribution in [-0.4, -0.2) is 24.7 Å². The summed E-state index contributed by atoms with van der Waals surface area (Å²) in [6, 6.07) is -0.211. The largest absolute Gasteiger partial charge is 0.332 e. The molecule has 2 rings (SSSR count). The second-order valence-electron chi connectivity index (χ2n) is 5.00. The number of hydrogen-bond donors (Lipinski definition) is 1. The number of nitrogens with two attached hydrogens (primary N) is 1. The molecular formula is C13H21N5O2. The molecule has 7 nitrogen and oxygen atoms in total. The molecule has 0 bridgehead atoms. The summed E-state index contributed by atoms with van der Waals surface area (Å²) in [5.74, 6) is 0.729. The SMILES string of the molecule is CCC(N)Cn1c(=O)c2c(nc(C)n2CC)n(C)c1=O. The summed E-state index contributed by atoms with van der Waals surface area (Å²) in [6.07, 6.45) is 0.708. The zero-order valence-electron chi connectivity index (χ0n) is 12.4. The van der Waals surface area contributed by atoms with Gasteiger partial charge in [-0.1, -0.05) is 6.92 Å². The van der Waals surface area contributed by atoms with Crippen LogP contribution in [0.2, 0.25) is 0 Å². The summed E-state index contributed by atoms with van der Waals surface area (Å²) < 4.78 is 4.45. The van der Waals surface area contributed by atoms with Crippen LogP contribution in [0.5, 0.6) is 0 Å². The van der Waals surface area contributed by atoms with Crippen molar-refractivity contribution in [2.45, 2.75) is 46.3 Å². The average molecular weight is 279 g/mol. The predicted molar refractivity (Wildman–Crippen MR) is 77.9 cm³/mol. The number of aromatic nitrogens is 4. The van der Waals surface area contributed by atoms with E-state index in [1.54, 1.807) is 7.05 Å². The second-order valence-corrected chi connectivity index (χ2v) is 5.00.